The number of rotatable bonds is 4. The number of nitrogens with zero attached hydrogens (tertiary/aromatic N) is 3. The number of H-pyrrole nitrogens is 1. The van der Waals surface area contributed by atoms with Crippen molar-refractivity contribution in [2.45, 2.75) is 38.0 Å². The number of sulfone groups is 1. The van der Waals surface area contributed by atoms with Gasteiger partial charge in [0.1, 0.15) is 0 Å². The number of carbonyl (C=O) groups is 1. The van der Waals surface area contributed by atoms with E-state index in [0.717, 1.165) is 11.3 Å². The van der Waals surface area contributed by atoms with Crippen LogP contribution in [0.3, 0.4) is 0 Å². The van der Waals surface area contributed by atoms with Gasteiger partial charge in [-0.1, -0.05) is 0 Å². The second-order valence-corrected chi connectivity index (χ2v) is 9.86. The third kappa shape index (κ3) is 3.42. The fourth-order valence-electron chi connectivity index (χ4n) is 4.28. The van der Waals surface area contributed by atoms with Crippen molar-refractivity contribution in [2.24, 2.45) is 5.92 Å². The normalized spacial score (nSPS) is 27.1. The van der Waals surface area contributed by atoms with Crippen molar-refractivity contribution in [2.75, 3.05) is 32.9 Å². The molecule has 1 N–H and O–H groups in total. The number of aromatic amines is 1. The van der Waals surface area contributed by atoms with Crippen LogP contribution in [0.5, 0.6) is 0 Å². The number of amides is 1. The van der Waals surface area contributed by atoms with E-state index in [1.54, 1.807) is 18.7 Å². The Morgan fingerprint density at radius 3 is 2.62 bits per heavy atom. The third-order valence-corrected chi connectivity index (χ3v) is 7.95. The van der Waals surface area contributed by atoms with Crippen molar-refractivity contribution in [1.29, 1.82) is 0 Å². The lowest BCUT2D eigenvalue weighted by Crippen LogP contribution is -2.38. The number of aryl methyl sites for hydroxylation is 2. The van der Waals surface area contributed by atoms with Crippen molar-refractivity contribution < 1.29 is 13.2 Å². The van der Waals surface area contributed by atoms with Gasteiger partial charge in [-0.25, -0.2) is 13.2 Å². The Bertz CT molecular complexity index is 851. The standard InChI is InChI=1S/C17H26N4O4S/c1-10-12(11(2)19-17(23)18-10)5-6-16(22)21-7-13-14(20(3)4)9-26(24,25)15(13)8-21/h13-15H,5-9H2,1-4H3,(H,18,19,23)/t13-,14-,15-/m0/s1. The molecule has 0 spiro atoms. The molecular formula is C17H26N4O4S. The van der Waals surface area contributed by atoms with Crippen molar-refractivity contribution in [3.63, 3.8) is 0 Å². The summed E-state index contributed by atoms with van der Waals surface area (Å²) in [5, 5.41) is -0.447. The van der Waals surface area contributed by atoms with Crippen LogP contribution in [0.4, 0.5) is 0 Å². The van der Waals surface area contributed by atoms with E-state index in [2.05, 4.69) is 9.97 Å². The smallest absolute Gasteiger partial charge is 0.341 e. The summed E-state index contributed by atoms with van der Waals surface area (Å²) in [4.78, 5) is 34.2. The zero-order valence-electron chi connectivity index (χ0n) is 15.7. The highest BCUT2D eigenvalue weighted by Crippen LogP contribution is 2.36. The van der Waals surface area contributed by atoms with Crippen molar-refractivity contribution in [3.8, 4) is 0 Å². The molecule has 0 bridgehead atoms. The van der Waals surface area contributed by atoms with Crippen LogP contribution in [0.25, 0.3) is 0 Å². The molecule has 26 heavy (non-hydrogen) atoms. The average Bonchev–Trinajstić information content (AvgIpc) is 3.05. The summed E-state index contributed by atoms with van der Waals surface area (Å²) in [5.41, 5.74) is 1.84. The Hall–Kier alpha value is -1.74. The molecule has 2 aliphatic rings. The first-order valence-corrected chi connectivity index (χ1v) is 10.5. The number of carbonyl (C=O) groups excluding carboxylic acids is 1. The molecule has 8 nitrogen and oxygen atoms in total. The molecule has 1 aromatic rings. The van der Waals surface area contributed by atoms with Crippen molar-refractivity contribution in [3.05, 3.63) is 27.4 Å². The van der Waals surface area contributed by atoms with Crippen LogP contribution in [-0.2, 0) is 21.1 Å². The fourth-order valence-corrected chi connectivity index (χ4v) is 6.76. The maximum Gasteiger partial charge on any atom is 0.345 e. The summed E-state index contributed by atoms with van der Waals surface area (Å²) >= 11 is 0. The molecule has 3 atom stereocenters. The van der Waals surface area contributed by atoms with Crippen molar-refractivity contribution >= 4 is 15.7 Å². The molecule has 1 amide bonds. The molecule has 2 saturated heterocycles. The topological polar surface area (TPSA) is 103 Å². The molecule has 1 aromatic heterocycles. The van der Waals surface area contributed by atoms with E-state index in [9.17, 15) is 18.0 Å². The first-order chi connectivity index (χ1) is 12.1. The Morgan fingerprint density at radius 1 is 1.31 bits per heavy atom. The van der Waals surface area contributed by atoms with E-state index in [0.29, 0.717) is 18.7 Å². The van der Waals surface area contributed by atoms with Crippen LogP contribution in [0.1, 0.15) is 23.4 Å². The molecule has 0 aromatic carbocycles. The highest BCUT2D eigenvalue weighted by atomic mass is 32.2. The highest BCUT2D eigenvalue weighted by molar-refractivity contribution is 7.92. The summed E-state index contributed by atoms with van der Waals surface area (Å²) < 4.78 is 24.8. The molecule has 0 radical (unpaired) electrons. The summed E-state index contributed by atoms with van der Waals surface area (Å²) in [6, 6.07) is -0.0318. The molecule has 0 unspecified atom stereocenters. The van der Waals surface area contributed by atoms with Gasteiger partial charge in [-0.2, -0.15) is 4.98 Å². The minimum atomic E-state index is -3.16. The van der Waals surface area contributed by atoms with Crippen LogP contribution in [0.2, 0.25) is 0 Å². The SMILES string of the molecule is Cc1nc(=O)[nH]c(C)c1CCC(=O)N1C[C@H]2[C@@H](N(C)C)CS(=O)(=O)[C@H]2C1. The zero-order chi connectivity index (χ0) is 19.2. The Kier molecular flexibility index (Phi) is 4.96. The fraction of sp³-hybridized carbons (Fsp3) is 0.706. The highest BCUT2D eigenvalue weighted by Gasteiger charge is 2.53. The molecule has 3 rings (SSSR count). The van der Waals surface area contributed by atoms with Gasteiger partial charge in [-0.05, 0) is 39.9 Å². The number of nitrogens with one attached hydrogen (secondary N) is 1. The van der Waals surface area contributed by atoms with Gasteiger partial charge >= 0.3 is 5.69 Å². The molecule has 0 saturated carbocycles. The first kappa shape index (κ1) is 19.0. The Labute approximate surface area is 153 Å². The monoisotopic (exact) mass is 382 g/mol. The van der Waals surface area contributed by atoms with Gasteiger partial charge in [0.05, 0.1) is 11.0 Å². The lowest BCUT2D eigenvalue weighted by atomic mass is 10.00. The first-order valence-electron chi connectivity index (χ1n) is 8.82. The molecule has 144 valence electrons. The Balaban J connectivity index is 1.68. The average molecular weight is 382 g/mol. The minimum absolute atomic E-state index is 0.0165. The number of likely N-dealkylation sites (tertiary alicyclic amines) is 1. The van der Waals surface area contributed by atoms with Crippen LogP contribution in [0, 0.1) is 19.8 Å². The Morgan fingerprint density at radius 2 is 2.00 bits per heavy atom. The van der Waals surface area contributed by atoms with Gasteiger partial charge in [0.2, 0.25) is 5.91 Å². The van der Waals surface area contributed by atoms with E-state index >= 15 is 0 Å². The van der Waals surface area contributed by atoms with Gasteiger partial charge in [0.15, 0.2) is 9.84 Å². The van der Waals surface area contributed by atoms with E-state index in [1.165, 1.54) is 0 Å². The minimum Gasteiger partial charge on any atom is -0.341 e. The number of hydrogen-bond acceptors (Lipinski definition) is 6. The zero-order valence-corrected chi connectivity index (χ0v) is 16.5. The second kappa shape index (κ2) is 6.77. The maximum atomic E-state index is 12.7. The van der Waals surface area contributed by atoms with Gasteiger partial charge in [0, 0.05) is 42.9 Å². The lowest BCUT2D eigenvalue weighted by molar-refractivity contribution is -0.130. The molecule has 2 fully saturated rings. The quantitative estimate of drug-likeness (QED) is 0.753. The summed E-state index contributed by atoms with van der Waals surface area (Å²) in [6.45, 7) is 4.34. The number of fused-ring (bicyclic) bond motifs is 1. The summed E-state index contributed by atoms with van der Waals surface area (Å²) in [7, 11) is 0.626. The van der Waals surface area contributed by atoms with Gasteiger partial charge < -0.3 is 14.8 Å². The molecule has 0 aliphatic carbocycles. The van der Waals surface area contributed by atoms with E-state index in [4.69, 9.17) is 0 Å². The molecular weight excluding hydrogens is 356 g/mol. The predicted octanol–water partition coefficient (Wildman–Crippen LogP) is -0.495. The molecule has 3 heterocycles. The van der Waals surface area contributed by atoms with Crippen molar-refractivity contribution in [1.82, 2.24) is 19.8 Å². The molecule has 2 aliphatic heterocycles. The number of hydrogen-bond donors (Lipinski definition) is 1. The van der Waals surface area contributed by atoms with E-state index < -0.39 is 15.1 Å². The summed E-state index contributed by atoms with van der Waals surface area (Å²) in [6.07, 6.45) is 0.761. The maximum absolute atomic E-state index is 12.7. The van der Waals surface area contributed by atoms with Crippen LogP contribution >= 0.6 is 0 Å². The van der Waals surface area contributed by atoms with E-state index in [1.807, 2.05) is 19.0 Å². The largest absolute Gasteiger partial charge is 0.345 e. The molecule has 9 heteroatoms. The summed E-state index contributed by atoms with van der Waals surface area (Å²) in [5.74, 6) is 0.119. The van der Waals surface area contributed by atoms with Gasteiger partial charge in [-0.3, -0.25) is 4.79 Å². The lowest BCUT2D eigenvalue weighted by Gasteiger charge is -2.25. The van der Waals surface area contributed by atoms with Crippen LogP contribution in [-0.4, -0.2) is 78.3 Å². The third-order valence-electron chi connectivity index (χ3n) is 5.73. The predicted molar refractivity (Wildman–Crippen MR) is 97.8 cm³/mol. The van der Waals surface area contributed by atoms with Crippen LogP contribution < -0.4 is 5.69 Å². The van der Waals surface area contributed by atoms with Crippen LogP contribution in [0.15, 0.2) is 4.79 Å². The van der Waals surface area contributed by atoms with E-state index in [-0.39, 0.29) is 42.3 Å². The van der Waals surface area contributed by atoms with Gasteiger partial charge in [-0.15, -0.1) is 0 Å². The second-order valence-electron chi connectivity index (χ2n) is 7.59. The number of aromatic nitrogens is 2. The van der Waals surface area contributed by atoms with Gasteiger partial charge in [0.25, 0.3) is 0 Å².